The Kier molecular flexibility index (Phi) is 5.32. The van der Waals surface area contributed by atoms with Crippen LogP contribution < -0.4 is 9.47 Å². The Morgan fingerprint density at radius 2 is 1.83 bits per heavy atom. The summed E-state index contributed by atoms with van der Waals surface area (Å²) < 4.78 is 51.7. The van der Waals surface area contributed by atoms with Gasteiger partial charge >= 0.3 is 12.1 Å². The van der Waals surface area contributed by atoms with E-state index in [1.54, 1.807) is 12.1 Å². The minimum Gasteiger partial charge on any atom is -0.481 e. The van der Waals surface area contributed by atoms with Gasteiger partial charge in [-0.2, -0.15) is 13.2 Å². The van der Waals surface area contributed by atoms with Crippen LogP contribution in [0.5, 0.6) is 17.2 Å². The van der Waals surface area contributed by atoms with Crippen LogP contribution in [0.1, 0.15) is 5.56 Å². The summed E-state index contributed by atoms with van der Waals surface area (Å²) in [5.74, 6) is -2.87. The number of halogens is 5. The summed E-state index contributed by atoms with van der Waals surface area (Å²) in [6, 6.07) is 13.7. The van der Waals surface area contributed by atoms with E-state index in [-0.39, 0.29) is 28.5 Å². The van der Waals surface area contributed by atoms with Crippen molar-refractivity contribution in [1.29, 1.82) is 0 Å². The Labute approximate surface area is 182 Å². The standard InChI is InChI=1S/C21H13BrClF3O4/c22-13-3-1-11-6-14(4-2-10(11)5-13)29-18-9-17-12(8-16(18)23)7-15(20(27)28)19(30-17)21(24,25)26/h1-6,8-9,15,19H,7H2,(H,27,28). The molecule has 0 spiro atoms. The number of hydrogen-bond acceptors (Lipinski definition) is 3. The summed E-state index contributed by atoms with van der Waals surface area (Å²) in [6.07, 6.45) is -7.62. The largest absolute Gasteiger partial charge is 0.481 e. The molecule has 0 fully saturated rings. The summed E-state index contributed by atoms with van der Waals surface area (Å²) >= 11 is 9.65. The van der Waals surface area contributed by atoms with Gasteiger partial charge in [0.05, 0.1) is 5.02 Å². The number of rotatable bonds is 3. The smallest absolute Gasteiger partial charge is 0.426 e. The van der Waals surface area contributed by atoms with E-state index in [0.717, 1.165) is 15.2 Å². The summed E-state index contributed by atoms with van der Waals surface area (Å²) in [6.45, 7) is 0. The minimum atomic E-state index is -4.83. The molecule has 0 saturated carbocycles. The van der Waals surface area contributed by atoms with Gasteiger partial charge in [-0.25, -0.2) is 0 Å². The van der Waals surface area contributed by atoms with Crippen molar-refractivity contribution in [2.75, 3.05) is 0 Å². The van der Waals surface area contributed by atoms with Gasteiger partial charge in [-0.15, -0.1) is 0 Å². The monoisotopic (exact) mass is 500 g/mol. The lowest BCUT2D eigenvalue weighted by Gasteiger charge is -2.32. The van der Waals surface area contributed by atoms with Gasteiger partial charge in [-0.05, 0) is 53.1 Å². The molecule has 3 aromatic carbocycles. The maximum atomic E-state index is 13.3. The topological polar surface area (TPSA) is 55.8 Å². The molecule has 0 bridgehead atoms. The molecule has 156 valence electrons. The van der Waals surface area contributed by atoms with E-state index in [2.05, 4.69) is 15.9 Å². The van der Waals surface area contributed by atoms with E-state index in [0.29, 0.717) is 5.75 Å². The maximum absolute atomic E-state index is 13.3. The van der Waals surface area contributed by atoms with E-state index in [1.807, 2.05) is 24.3 Å². The Hall–Kier alpha value is -2.45. The van der Waals surface area contributed by atoms with Gasteiger partial charge in [0.2, 0.25) is 6.10 Å². The maximum Gasteiger partial charge on any atom is 0.426 e. The predicted octanol–water partition coefficient (Wildman–Crippen LogP) is 6.61. The number of carbonyl (C=O) groups is 1. The molecular formula is C21H13BrClF3O4. The minimum absolute atomic E-state index is 0.0982. The Bertz CT molecular complexity index is 1150. The quantitative estimate of drug-likeness (QED) is 0.438. The van der Waals surface area contributed by atoms with Crippen molar-refractivity contribution in [3.8, 4) is 17.2 Å². The SMILES string of the molecule is O=C(O)C1Cc2cc(Cl)c(Oc3ccc4cc(Br)ccc4c3)cc2OC1C(F)(F)F. The molecule has 0 aromatic heterocycles. The first-order valence-corrected chi connectivity index (χ1v) is 9.94. The highest BCUT2D eigenvalue weighted by atomic mass is 79.9. The molecule has 0 saturated heterocycles. The van der Waals surface area contributed by atoms with Crippen molar-refractivity contribution in [1.82, 2.24) is 0 Å². The average molecular weight is 502 g/mol. The van der Waals surface area contributed by atoms with Crippen molar-refractivity contribution in [2.45, 2.75) is 18.7 Å². The zero-order valence-corrected chi connectivity index (χ0v) is 17.4. The molecule has 4 rings (SSSR count). The molecular weight excluding hydrogens is 489 g/mol. The second-order valence-corrected chi connectivity index (χ2v) is 8.20. The predicted molar refractivity (Wildman–Crippen MR) is 108 cm³/mol. The zero-order valence-electron chi connectivity index (χ0n) is 15.0. The van der Waals surface area contributed by atoms with Gasteiger partial charge in [0.25, 0.3) is 0 Å². The first kappa shape index (κ1) is 20.8. The summed E-state index contributed by atoms with van der Waals surface area (Å²) in [5.41, 5.74) is 0.281. The fourth-order valence-corrected chi connectivity index (χ4v) is 3.99. The number of fused-ring (bicyclic) bond motifs is 2. The van der Waals surface area contributed by atoms with Crippen molar-refractivity contribution < 1.29 is 32.5 Å². The van der Waals surface area contributed by atoms with E-state index >= 15 is 0 Å². The number of alkyl halides is 3. The van der Waals surface area contributed by atoms with Crippen LogP contribution in [-0.4, -0.2) is 23.4 Å². The highest BCUT2D eigenvalue weighted by Crippen LogP contribution is 2.43. The van der Waals surface area contributed by atoms with E-state index < -0.39 is 24.2 Å². The molecule has 2 atom stereocenters. The van der Waals surface area contributed by atoms with E-state index in [4.69, 9.17) is 21.1 Å². The third kappa shape index (κ3) is 4.06. The second-order valence-electron chi connectivity index (χ2n) is 6.87. The first-order chi connectivity index (χ1) is 14.1. The third-order valence-electron chi connectivity index (χ3n) is 4.82. The van der Waals surface area contributed by atoms with Crippen LogP contribution in [0, 0.1) is 5.92 Å². The number of hydrogen-bond donors (Lipinski definition) is 1. The molecule has 1 aliphatic heterocycles. The lowest BCUT2D eigenvalue weighted by atomic mass is 9.90. The molecule has 9 heteroatoms. The summed E-state index contributed by atoms with van der Waals surface area (Å²) in [7, 11) is 0. The van der Waals surface area contributed by atoms with Crippen LogP contribution in [0.4, 0.5) is 13.2 Å². The highest BCUT2D eigenvalue weighted by Gasteiger charge is 2.52. The number of carboxylic acids is 1. The molecule has 1 N–H and O–H groups in total. The van der Waals surface area contributed by atoms with Gasteiger partial charge < -0.3 is 14.6 Å². The molecule has 1 aliphatic rings. The lowest BCUT2D eigenvalue weighted by molar-refractivity contribution is -0.217. The van der Waals surface area contributed by atoms with Crippen LogP contribution in [0.2, 0.25) is 5.02 Å². The Morgan fingerprint density at radius 3 is 2.53 bits per heavy atom. The Balaban J connectivity index is 1.67. The van der Waals surface area contributed by atoms with Crippen molar-refractivity contribution >= 4 is 44.3 Å². The van der Waals surface area contributed by atoms with E-state index in [9.17, 15) is 23.1 Å². The lowest BCUT2D eigenvalue weighted by Crippen LogP contribution is -2.47. The van der Waals surface area contributed by atoms with Crippen molar-refractivity contribution in [3.05, 3.63) is 63.6 Å². The summed E-state index contributed by atoms with van der Waals surface area (Å²) in [4.78, 5) is 11.3. The number of aliphatic carboxylic acids is 1. The van der Waals surface area contributed by atoms with Gasteiger partial charge in [-0.3, -0.25) is 4.79 Å². The van der Waals surface area contributed by atoms with Gasteiger partial charge in [0.1, 0.15) is 23.2 Å². The molecule has 0 aliphatic carbocycles. The molecule has 1 heterocycles. The molecule has 2 unspecified atom stereocenters. The van der Waals surface area contributed by atoms with Crippen LogP contribution in [0.15, 0.2) is 53.0 Å². The third-order valence-corrected chi connectivity index (χ3v) is 5.60. The second kappa shape index (κ2) is 7.67. The molecule has 30 heavy (non-hydrogen) atoms. The normalized spacial score (nSPS) is 18.6. The number of ether oxygens (including phenoxy) is 2. The van der Waals surface area contributed by atoms with Crippen LogP contribution >= 0.6 is 27.5 Å². The van der Waals surface area contributed by atoms with Crippen molar-refractivity contribution in [3.63, 3.8) is 0 Å². The first-order valence-electron chi connectivity index (χ1n) is 8.77. The number of carboxylic acid groups (broad SMARTS) is 1. The highest BCUT2D eigenvalue weighted by molar-refractivity contribution is 9.10. The zero-order chi connectivity index (χ0) is 21.6. The summed E-state index contributed by atoms with van der Waals surface area (Å²) in [5, 5.41) is 11.2. The van der Waals surface area contributed by atoms with Crippen molar-refractivity contribution in [2.24, 2.45) is 5.92 Å². The fraction of sp³-hybridized carbons (Fsp3) is 0.190. The molecule has 0 radical (unpaired) electrons. The van der Waals surface area contributed by atoms with Crippen LogP contribution in [0.3, 0.4) is 0 Å². The average Bonchev–Trinajstić information content (AvgIpc) is 2.67. The fourth-order valence-electron chi connectivity index (χ4n) is 3.38. The van der Waals surface area contributed by atoms with Gasteiger partial charge in [-0.1, -0.05) is 39.7 Å². The number of benzene rings is 3. The van der Waals surface area contributed by atoms with E-state index in [1.165, 1.54) is 12.1 Å². The van der Waals surface area contributed by atoms with Crippen LogP contribution in [0.25, 0.3) is 10.8 Å². The van der Waals surface area contributed by atoms with Gasteiger partial charge in [0.15, 0.2) is 0 Å². The van der Waals surface area contributed by atoms with Gasteiger partial charge in [0, 0.05) is 10.5 Å². The van der Waals surface area contributed by atoms with Crippen LogP contribution in [-0.2, 0) is 11.2 Å². The molecule has 0 amide bonds. The molecule has 3 aromatic rings. The molecule has 4 nitrogen and oxygen atoms in total. The Morgan fingerprint density at radius 1 is 1.13 bits per heavy atom.